The number of carboxylic acid groups (broad SMARTS) is 2. The summed E-state index contributed by atoms with van der Waals surface area (Å²) in [6.07, 6.45) is 5.41. The summed E-state index contributed by atoms with van der Waals surface area (Å²) in [5.41, 5.74) is 1.12. The third-order valence-electron chi connectivity index (χ3n) is 4.45. The summed E-state index contributed by atoms with van der Waals surface area (Å²) >= 11 is 0. The lowest BCUT2D eigenvalue weighted by atomic mass is 9.91. The van der Waals surface area contributed by atoms with Gasteiger partial charge in [0.05, 0.1) is 11.1 Å². The molecule has 0 saturated carbocycles. The van der Waals surface area contributed by atoms with Crippen LogP contribution in [0.15, 0.2) is 0 Å². The molecule has 0 fully saturated rings. The van der Waals surface area contributed by atoms with Gasteiger partial charge in [-0.1, -0.05) is 32.6 Å². The molecular formula is C19H27NO5. The van der Waals surface area contributed by atoms with Crippen LogP contribution in [-0.2, 0) is 4.79 Å². The van der Waals surface area contributed by atoms with Crippen molar-refractivity contribution in [3.63, 3.8) is 0 Å². The Morgan fingerprint density at radius 3 is 1.72 bits per heavy atom. The van der Waals surface area contributed by atoms with Crippen LogP contribution in [0.1, 0.15) is 82.9 Å². The fraction of sp³-hybridized carbons (Fsp3) is 0.526. The topological polar surface area (TPSA) is 104 Å². The third kappa shape index (κ3) is 5.05. The lowest BCUT2D eigenvalue weighted by molar-refractivity contribution is -0.116. The zero-order valence-corrected chi connectivity index (χ0v) is 15.4. The van der Waals surface area contributed by atoms with E-state index in [1.54, 1.807) is 13.8 Å². The lowest BCUT2D eigenvalue weighted by Crippen LogP contribution is -2.19. The van der Waals surface area contributed by atoms with E-state index in [0.717, 1.165) is 32.1 Å². The summed E-state index contributed by atoms with van der Waals surface area (Å²) in [7, 11) is 0. The molecule has 6 heteroatoms. The number of aromatic carboxylic acids is 2. The van der Waals surface area contributed by atoms with Crippen LogP contribution in [0.3, 0.4) is 0 Å². The van der Waals surface area contributed by atoms with Crippen molar-refractivity contribution in [3.05, 3.63) is 27.8 Å². The van der Waals surface area contributed by atoms with Gasteiger partial charge in [0.25, 0.3) is 0 Å². The van der Waals surface area contributed by atoms with E-state index in [0.29, 0.717) is 23.2 Å². The van der Waals surface area contributed by atoms with E-state index in [-0.39, 0.29) is 22.6 Å². The van der Waals surface area contributed by atoms with Gasteiger partial charge in [0.1, 0.15) is 0 Å². The highest BCUT2D eigenvalue weighted by Gasteiger charge is 2.25. The number of amides is 1. The van der Waals surface area contributed by atoms with E-state index < -0.39 is 11.9 Å². The van der Waals surface area contributed by atoms with E-state index in [1.165, 1.54) is 6.92 Å². The second-order valence-electron chi connectivity index (χ2n) is 6.32. The predicted octanol–water partition coefficient (Wildman–Crippen LogP) is 4.31. The van der Waals surface area contributed by atoms with Crippen LogP contribution in [0.25, 0.3) is 0 Å². The summed E-state index contributed by atoms with van der Waals surface area (Å²) in [6.45, 7) is 6.78. The van der Waals surface area contributed by atoms with Crippen molar-refractivity contribution in [2.75, 3.05) is 5.32 Å². The monoisotopic (exact) mass is 349 g/mol. The number of hydrogen-bond acceptors (Lipinski definition) is 3. The summed E-state index contributed by atoms with van der Waals surface area (Å²) in [5.74, 6) is -2.63. The van der Waals surface area contributed by atoms with E-state index in [4.69, 9.17) is 0 Å². The Bertz CT molecular complexity index is 638. The number of carbonyl (C=O) groups is 3. The number of rotatable bonds is 9. The number of unbranched alkanes of at least 4 members (excludes halogenated alkanes) is 4. The number of nitrogens with one attached hydrogen (secondary N) is 1. The van der Waals surface area contributed by atoms with Crippen LogP contribution in [0, 0.1) is 20.8 Å². The fourth-order valence-corrected chi connectivity index (χ4v) is 3.14. The average Bonchev–Trinajstić information content (AvgIpc) is 2.50. The largest absolute Gasteiger partial charge is 0.478 e. The van der Waals surface area contributed by atoms with Gasteiger partial charge in [0.2, 0.25) is 5.91 Å². The van der Waals surface area contributed by atoms with Gasteiger partial charge in [-0.2, -0.15) is 0 Å². The Morgan fingerprint density at radius 2 is 1.28 bits per heavy atom. The second kappa shape index (κ2) is 9.20. The predicted molar refractivity (Wildman–Crippen MR) is 96.6 cm³/mol. The highest BCUT2D eigenvalue weighted by molar-refractivity contribution is 6.04. The molecule has 0 aromatic heterocycles. The molecule has 0 saturated heterocycles. The molecule has 3 N–H and O–H groups in total. The van der Waals surface area contributed by atoms with Crippen molar-refractivity contribution >= 4 is 23.5 Å². The first-order valence-electron chi connectivity index (χ1n) is 8.62. The number of anilines is 1. The second-order valence-corrected chi connectivity index (χ2v) is 6.32. The molecule has 0 bridgehead atoms. The Kier molecular flexibility index (Phi) is 7.61. The summed E-state index contributed by atoms with van der Waals surface area (Å²) in [6, 6.07) is 0. The number of benzene rings is 1. The van der Waals surface area contributed by atoms with Crippen LogP contribution in [0.4, 0.5) is 5.69 Å². The van der Waals surface area contributed by atoms with Crippen molar-refractivity contribution in [3.8, 4) is 0 Å². The number of carboxylic acids is 2. The van der Waals surface area contributed by atoms with E-state index in [9.17, 15) is 24.6 Å². The zero-order valence-electron chi connectivity index (χ0n) is 15.4. The Balaban J connectivity index is 3.08. The molecule has 0 aliphatic rings. The molecule has 0 atom stereocenters. The van der Waals surface area contributed by atoms with Gasteiger partial charge in [-0.15, -0.1) is 0 Å². The molecule has 1 rings (SSSR count). The van der Waals surface area contributed by atoms with Gasteiger partial charge in [0, 0.05) is 12.1 Å². The first kappa shape index (κ1) is 20.7. The molecule has 0 unspecified atom stereocenters. The van der Waals surface area contributed by atoms with Crippen molar-refractivity contribution in [2.24, 2.45) is 0 Å². The van der Waals surface area contributed by atoms with Crippen molar-refractivity contribution in [1.29, 1.82) is 0 Å². The molecule has 138 valence electrons. The third-order valence-corrected chi connectivity index (χ3v) is 4.45. The van der Waals surface area contributed by atoms with Gasteiger partial charge in [-0.25, -0.2) is 9.59 Å². The molecule has 6 nitrogen and oxygen atoms in total. The lowest BCUT2D eigenvalue weighted by Gasteiger charge is -2.19. The van der Waals surface area contributed by atoms with Gasteiger partial charge < -0.3 is 15.5 Å². The molecule has 1 aromatic rings. The van der Waals surface area contributed by atoms with Crippen molar-refractivity contribution < 1.29 is 24.6 Å². The molecule has 25 heavy (non-hydrogen) atoms. The first-order chi connectivity index (χ1) is 11.7. The highest BCUT2D eigenvalue weighted by atomic mass is 16.4. The van der Waals surface area contributed by atoms with E-state index in [2.05, 4.69) is 12.2 Å². The van der Waals surface area contributed by atoms with E-state index in [1.807, 2.05) is 0 Å². The molecule has 0 radical (unpaired) electrons. The first-order valence-corrected chi connectivity index (χ1v) is 8.62. The van der Waals surface area contributed by atoms with Gasteiger partial charge in [-0.3, -0.25) is 4.79 Å². The van der Waals surface area contributed by atoms with Crippen LogP contribution < -0.4 is 5.32 Å². The molecular weight excluding hydrogens is 322 g/mol. The van der Waals surface area contributed by atoms with Crippen LogP contribution in [-0.4, -0.2) is 28.1 Å². The summed E-state index contributed by atoms with van der Waals surface area (Å²) in [5, 5.41) is 21.6. The SMILES string of the molecule is CCCCCCCC(=O)Nc1c(C)c(C(=O)O)c(C)c(C(=O)O)c1C. The molecule has 0 aliphatic carbocycles. The summed E-state index contributed by atoms with van der Waals surface area (Å²) in [4.78, 5) is 35.3. The Labute approximate surface area is 148 Å². The normalized spacial score (nSPS) is 10.6. The number of hydrogen-bond donors (Lipinski definition) is 3. The fourth-order valence-electron chi connectivity index (χ4n) is 3.14. The zero-order chi connectivity index (χ0) is 19.1. The average molecular weight is 349 g/mol. The maximum absolute atomic E-state index is 12.2. The van der Waals surface area contributed by atoms with E-state index >= 15 is 0 Å². The van der Waals surface area contributed by atoms with Crippen molar-refractivity contribution in [2.45, 2.75) is 66.2 Å². The van der Waals surface area contributed by atoms with Crippen LogP contribution >= 0.6 is 0 Å². The maximum atomic E-state index is 12.2. The maximum Gasteiger partial charge on any atom is 0.336 e. The number of carbonyl (C=O) groups excluding carboxylic acids is 1. The quantitative estimate of drug-likeness (QED) is 0.576. The standard InChI is InChI=1S/C19H27NO5/c1-5-6-7-8-9-10-14(21)20-17-12(3)15(18(22)23)11(2)16(13(17)4)19(24)25/h5-10H2,1-4H3,(H,20,21)(H,22,23)(H,24,25). The molecule has 0 aliphatic heterocycles. The Morgan fingerprint density at radius 1 is 0.800 bits per heavy atom. The highest BCUT2D eigenvalue weighted by Crippen LogP contribution is 2.31. The minimum absolute atomic E-state index is 0.0683. The molecule has 1 amide bonds. The Hall–Kier alpha value is -2.37. The minimum atomic E-state index is -1.20. The van der Waals surface area contributed by atoms with Gasteiger partial charge in [0.15, 0.2) is 0 Å². The van der Waals surface area contributed by atoms with Crippen LogP contribution in [0.2, 0.25) is 0 Å². The molecule has 1 aromatic carbocycles. The van der Waals surface area contributed by atoms with Gasteiger partial charge >= 0.3 is 11.9 Å². The van der Waals surface area contributed by atoms with Gasteiger partial charge in [-0.05, 0) is 43.9 Å². The van der Waals surface area contributed by atoms with Crippen LogP contribution in [0.5, 0.6) is 0 Å². The summed E-state index contributed by atoms with van der Waals surface area (Å²) < 4.78 is 0. The molecule has 0 spiro atoms. The minimum Gasteiger partial charge on any atom is -0.478 e. The molecule has 0 heterocycles. The van der Waals surface area contributed by atoms with Crippen molar-refractivity contribution in [1.82, 2.24) is 0 Å². The smallest absolute Gasteiger partial charge is 0.336 e.